The normalized spacial score (nSPS) is 25.0. The zero-order valence-corrected chi connectivity index (χ0v) is 21.0. The van der Waals surface area contributed by atoms with Crippen LogP contribution in [-0.4, -0.2) is 74.7 Å². The van der Waals surface area contributed by atoms with Crippen LogP contribution >= 0.6 is 0 Å². The molecule has 0 aromatic carbocycles. The lowest BCUT2D eigenvalue weighted by atomic mass is 9.92. The molecule has 1 atom stereocenters. The standard InChI is InChI=1S/C22H35F5N2O6S/c23-21(24,22(25,26)27)9-3-1-5-17-7-12-29(13-8-17)36(31,32)20(10-15-33-16-11-20)19(30)28-35-18-6-2-4-14-34-18/h17-18H,1-16H2,(H,28,30). The number of nitrogens with one attached hydrogen (secondary N) is 1. The number of alkyl halides is 5. The Bertz CT molecular complexity index is 821. The first-order valence-electron chi connectivity index (χ1n) is 12.5. The molecule has 1 unspecified atom stereocenters. The monoisotopic (exact) mass is 550 g/mol. The molecule has 0 saturated carbocycles. The molecule has 210 valence electrons. The van der Waals surface area contributed by atoms with Crippen LogP contribution in [-0.2, 0) is 29.1 Å². The molecular formula is C22H35F5N2O6S. The van der Waals surface area contributed by atoms with E-state index in [2.05, 4.69) is 5.48 Å². The van der Waals surface area contributed by atoms with Gasteiger partial charge < -0.3 is 9.47 Å². The Balaban J connectivity index is 1.53. The molecule has 0 radical (unpaired) electrons. The Kier molecular flexibility index (Phi) is 9.97. The molecule has 0 bridgehead atoms. The van der Waals surface area contributed by atoms with Crippen molar-refractivity contribution < 1.29 is 49.5 Å². The molecule has 3 aliphatic rings. The van der Waals surface area contributed by atoms with Crippen LogP contribution in [0.15, 0.2) is 0 Å². The van der Waals surface area contributed by atoms with Gasteiger partial charge in [-0.05, 0) is 38.0 Å². The highest BCUT2D eigenvalue weighted by Crippen LogP contribution is 2.40. The van der Waals surface area contributed by atoms with Gasteiger partial charge in [-0.1, -0.05) is 12.8 Å². The van der Waals surface area contributed by atoms with Crippen molar-refractivity contribution in [2.24, 2.45) is 5.92 Å². The maximum atomic E-state index is 13.7. The molecule has 14 heteroatoms. The van der Waals surface area contributed by atoms with Crippen LogP contribution in [0, 0.1) is 5.92 Å². The first-order chi connectivity index (χ1) is 16.9. The number of hydroxylamine groups is 1. The van der Waals surface area contributed by atoms with Gasteiger partial charge in [-0.3, -0.25) is 4.79 Å². The lowest BCUT2D eigenvalue weighted by molar-refractivity contribution is -0.284. The van der Waals surface area contributed by atoms with Crippen LogP contribution < -0.4 is 5.48 Å². The molecule has 3 rings (SSSR count). The van der Waals surface area contributed by atoms with E-state index in [0.717, 1.165) is 12.8 Å². The van der Waals surface area contributed by atoms with Crippen molar-refractivity contribution in [2.75, 3.05) is 32.9 Å². The highest BCUT2D eigenvalue weighted by molar-refractivity contribution is 7.91. The number of rotatable bonds is 10. The summed E-state index contributed by atoms with van der Waals surface area (Å²) in [5, 5.41) is 0. The summed E-state index contributed by atoms with van der Waals surface area (Å²) in [6, 6.07) is 0. The molecule has 0 spiro atoms. The average molecular weight is 551 g/mol. The summed E-state index contributed by atoms with van der Waals surface area (Å²) in [5.41, 5.74) is 2.31. The smallest absolute Gasteiger partial charge is 0.381 e. The van der Waals surface area contributed by atoms with Crippen LogP contribution in [0.25, 0.3) is 0 Å². The molecule has 0 aromatic heterocycles. The van der Waals surface area contributed by atoms with E-state index in [9.17, 15) is 35.2 Å². The van der Waals surface area contributed by atoms with E-state index >= 15 is 0 Å². The fourth-order valence-corrected chi connectivity index (χ4v) is 7.07. The zero-order chi connectivity index (χ0) is 26.5. The molecule has 3 saturated heterocycles. The number of piperidine rings is 1. The summed E-state index contributed by atoms with van der Waals surface area (Å²) >= 11 is 0. The summed E-state index contributed by atoms with van der Waals surface area (Å²) in [6.45, 7) is 0.997. The molecular weight excluding hydrogens is 515 g/mol. The minimum absolute atomic E-state index is 0.0159. The van der Waals surface area contributed by atoms with Crippen molar-refractivity contribution in [3.8, 4) is 0 Å². The molecule has 8 nitrogen and oxygen atoms in total. The van der Waals surface area contributed by atoms with E-state index in [1.807, 2.05) is 0 Å². The zero-order valence-electron chi connectivity index (χ0n) is 20.2. The average Bonchev–Trinajstić information content (AvgIpc) is 2.85. The summed E-state index contributed by atoms with van der Waals surface area (Å²) in [4.78, 5) is 18.5. The predicted octanol–water partition coefficient (Wildman–Crippen LogP) is 3.91. The fourth-order valence-electron chi connectivity index (χ4n) is 4.93. The molecule has 3 aliphatic heterocycles. The van der Waals surface area contributed by atoms with Gasteiger partial charge in [0.25, 0.3) is 5.91 Å². The van der Waals surface area contributed by atoms with Crippen molar-refractivity contribution in [1.29, 1.82) is 0 Å². The topological polar surface area (TPSA) is 94.2 Å². The van der Waals surface area contributed by atoms with E-state index in [-0.39, 0.29) is 57.9 Å². The highest BCUT2D eigenvalue weighted by Gasteiger charge is 2.57. The predicted molar refractivity (Wildman–Crippen MR) is 118 cm³/mol. The van der Waals surface area contributed by atoms with E-state index < -0.39 is 45.5 Å². The lowest BCUT2D eigenvalue weighted by Gasteiger charge is -2.41. The SMILES string of the molecule is O=C(NOC1CCCCO1)C1(S(=O)(=O)N2CCC(CCCCC(F)(F)C(F)(F)F)CC2)CCOCC1. The number of carbonyl (C=O) groups is 1. The van der Waals surface area contributed by atoms with Crippen LogP contribution in [0.4, 0.5) is 22.0 Å². The van der Waals surface area contributed by atoms with Gasteiger partial charge in [-0.2, -0.15) is 22.0 Å². The molecule has 0 aromatic rings. The number of halogens is 5. The molecule has 3 fully saturated rings. The largest absolute Gasteiger partial charge is 0.453 e. The van der Waals surface area contributed by atoms with Crippen LogP contribution in [0.1, 0.15) is 70.6 Å². The number of hydrogen-bond donors (Lipinski definition) is 1. The first kappa shape index (κ1) is 29.5. The summed E-state index contributed by atoms with van der Waals surface area (Å²) < 4.78 is 101. The Morgan fingerprint density at radius 1 is 1.00 bits per heavy atom. The Hall–Kier alpha value is -1.09. The highest BCUT2D eigenvalue weighted by atomic mass is 32.2. The number of unbranched alkanes of at least 4 members (excludes halogenated alkanes) is 1. The molecule has 36 heavy (non-hydrogen) atoms. The van der Waals surface area contributed by atoms with Crippen LogP contribution in [0.3, 0.4) is 0 Å². The number of ether oxygens (including phenoxy) is 2. The number of amides is 1. The lowest BCUT2D eigenvalue weighted by Crippen LogP contribution is -2.61. The number of sulfonamides is 1. The van der Waals surface area contributed by atoms with E-state index in [4.69, 9.17) is 14.3 Å². The van der Waals surface area contributed by atoms with Gasteiger partial charge in [0, 0.05) is 58.6 Å². The minimum Gasteiger partial charge on any atom is -0.381 e. The van der Waals surface area contributed by atoms with Crippen molar-refractivity contribution in [3.63, 3.8) is 0 Å². The van der Waals surface area contributed by atoms with Crippen molar-refractivity contribution in [1.82, 2.24) is 9.79 Å². The van der Waals surface area contributed by atoms with Gasteiger partial charge in [-0.25, -0.2) is 23.0 Å². The van der Waals surface area contributed by atoms with Gasteiger partial charge in [-0.15, -0.1) is 0 Å². The molecule has 0 aliphatic carbocycles. The third kappa shape index (κ3) is 6.86. The third-order valence-corrected chi connectivity index (χ3v) is 9.94. The van der Waals surface area contributed by atoms with Gasteiger partial charge in [0.05, 0.1) is 0 Å². The fraction of sp³-hybridized carbons (Fsp3) is 0.955. The van der Waals surface area contributed by atoms with E-state index in [0.29, 0.717) is 32.3 Å². The first-order valence-corrected chi connectivity index (χ1v) is 13.9. The van der Waals surface area contributed by atoms with E-state index in [1.54, 1.807) is 0 Å². The number of nitrogens with zero attached hydrogens (tertiary/aromatic N) is 1. The number of carbonyl (C=O) groups excluding carboxylic acids is 1. The van der Waals surface area contributed by atoms with Gasteiger partial charge in [0.1, 0.15) is 0 Å². The third-order valence-electron chi connectivity index (χ3n) is 7.31. The second-order valence-corrected chi connectivity index (χ2v) is 12.0. The Morgan fingerprint density at radius 3 is 2.25 bits per heavy atom. The maximum Gasteiger partial charge on any atom is 0.453 e. The quantitative estimate of drug-likeness (QED) is 0.252. The Morgan fingerprint density at radius 2 is 1.67 bits per heavy atom. The summed E-state index contributed by atoms with van der Waals surface area (Å²) in [6.07, 6.45) is -3.87. The number of hydrogen-bond acceptors (Lipinski definition) is 6. The van der Waals surface area contributed by atoms with Crippen LogP contribution in [0.2, 0.25) is 0 Å². The van der Waals surface area contributed by atoms with Gasteiger partial charge >= 0.3 is 12.1 Å². The molecule has 3 heterocycles. The second kappa shape index (κ2) is 12.2. The molecule has 1 amide bonds. The van der Waals surface area contributed by atoms with Crippen LogP contribution in [0.5, 0.6) is 0 Å². The van der Waals surface area contributed by atoms with E-state index in [1.165, 1.54) is 4.31 Å². The molecule has 1 N–H and O–H groups in total. The maximum absolute atomic E-state index is 13.7. The Labute approximate surface area is 208 Å². The second-order valence-electron chi connectivity index (χ2n) is 9.75. The van der Waals surface area contributed by atoms with Gasteiger partial charge in [0.15, 0.2) is 11.0 Å². The van der Waals surface area contributed by atoms with Gasteiger partial charge in [0.2, 0.25) is 10.0 Å². The summed E-state index contributed by atoms with van der Waals surface area (Å²) in [7, 11) is -4.09. The van der Waals surface area contributed by atoms with Crippen molar-refractivity contribution >= 4 is 15.9 Å². The van der Waals surface area contributed by atoms with Crippen molar-refractivity contribution in [2.45, 2.75) is 93.8 Å². The van der Waals surface area contributed by atoms with Crippen molar-refractivity contribution in [3.05, 3.63) is 0 Å². The minimum atomic E-state index is -5.55. The summed E-state index contributed by atoms with van der Waals surface area (Å²) in [5.74, 6) is -5.44.